The van der Waals surface area contributed by atoms with Crippen LogP contribution >= 0.6 is 0 Å². The molecule has 4 rings (SSSR count). The summed E-state index contributed by atoms with van der Waals surface area (Å²) in [6, 6.07) is 20.9. The van der Waals surface area contributed by atoms with Gasteiger partial charge in [-0.25, -0.2) is 9.75 Å². The minimum Gasteiger partial charge on any atom is -0.345 e. The summed E-state index contributed by atoms with van der Waals surface area (Å²) in [7, 11) is 3.11. The minimum atomic E-state index is -0.243. The number of rotatable bonds is 5. The molecule has 30 heavy (non-hydrogen) atoms. The molecular formula is C24H28N4O2. The smallest absolute Gasteiger partial charge is 0.282 e. The molecule has 1 amide bonds. The van der Waals surface area contributed by atoms with Crippen LogP contribution < -0.4 is 4.90 Å². The molecule has 1 aromatic heterocycles. The predicted octanol–water partition coefficient (Wildman–Crippen LogP) is 4.40. The molecule has 6 nitrogen and oxygen atoms in total. The van der Waals surface area contributed by atoms with Crippen molar-refractivity contribution in [2.45, 2.75) is 38.4 Å². The Labute approximate surface area is 177 Å². The second-order valence-electron chi connectivity index (χ2n) is 8.34. The van der Waals surface area contributed by atoms with Crippen LogP contribution in [0.1, 0.15) is 47.8 Å². The highest BCUT2D eigenvalue weighted by Crippen LogP contribution is 2.45. The number of hydrogen-bond acceptors (Lipinski definition) is 4. The molecule has 0 saturated carbocycles. The second kappa shape index (κ2) is 7.95. The number of aromatic nitrogens is 2. The number of hydrogen-bond donors (Lipinski definition) is 0. The monoisotopic (exact) mass is 404 g/mol. The lowest BCUT2D eigenvalue weighted by Crippen LogP contribution is -2.45. The zero-order valence-corrected chi connectivity index (χ0v) is 17.9. The molecule has 0 saturated heterocycles. The molecule has 156 valence electrons. The summed E-state index contributed by atoms with van der Waals surface area (Å²) in [5.41, 5.74) is 2.72. The summed E-state index contributed by atoms with van der Waals surface area (Å²) in [5.74, 6) is 0.624. The third-order valence-electron chi connectivity index (χ3n) is 5.83. The van der Waals surface area contributed by atoms with Crippen molar-refractivity contribution < 1.29 is 9.63 Å². The van der Waals surface area contributed by atoms with E-state index in [-0.39, 0.29) is 17.5 Å². The summed E-state index contributed by atoms with van der Waals surface area (Å²) in [6.45, 7) is 5.03. The van der Waals surface area contributed by atoms with Crippen LogP contribution in [0.2, 0.25) is 0 Å². The first-order chi connectivity index (χ1) is 14.4. The van der Waals surface area contributed by atoms with Crippen molar-refractivity contribution in [3.8, 4) is 0 Å². The van der Waals surface area contributed by atoms with Crippen molar-refractivity contribution in [1.82, 2.24) is 14.8 Å². The molecule has 0 radical (unpaired) electrons. The van der Waals surface area contributed by atoms with Crippen LogP contribution in [0.3, 0.4) is 0 Å². The van der Waals surface area contributed by atoms with Gasteiger partial charge in [-0.15, -0.1) is 0 Å². The van der Waals surface area contributed by atoms with Gasteiger partial charge in [-0.2, -0.15) is 5.10 Å². The Morgan fingerprint density at radius 3 is 2.40 bits per heavy atom. The standard InChI is InChI=1S/C24H28N4O2/c1-24(2)15-21(19-13-9-6-10-14-19)27(17-18-11-7-5-8-12-18)22-20(16-25-28(22)24)23(29)26(3)30-4/h5-14,16,21H,15,17H2,1-4H3. The molecule has 1 aliphatic rings. The lowest BCUT2D eigenvalue weighted by molar-refractivity contribution is -0.0756. The average Bonchev–Trinajstić information content (AvgIpc) is 3.22. The maximum absolute atomic E-state index is 13.1. The third kappa shape index (κ3) is 3.59. The van der Waals surface area contributed by atoms with Gasteiger partial charge in [0.15, 0.2) is 0 Å². The molecule has 2 aromatic carbocycles. The highest BCUT2D eigenvalue weighted by atomic mass is 16.7. The van der Waals surface area contributed by atoms with Gasteiger partial charge in [0.05, 0.1) is 24.9 Å². The van der Waals surface area contributed by atoms with Gasteiger partial charge in [-0.1, -0.05) is 60.7 Å². The van der Waals surface area contributed by atoms with Gasteiger partial charge in [0, 0.05) is 13.6 Å². The van der Waals surface area contributed by atoms with E-state index in [0.717, 1.165) is 12.2 Å². The van der Waals surface area contributed by atoms with E-state index >= 15 is 0 Å². The van der Waals surface area contributed by atoms with E-state index < -0.39 is 0 Å². The maximum Gasteiger partial charge on any atom is 0.282 e. The van der Waals surface area contributed by atoms with Gasteiger partial charge in [0.25, 0.3) is 5.91 Å². The first-order valence-electron chi connectivity index (χ1n) is 10.2. The number of amides is 1. The fraction of sp³-hybridized carbons (Fsp3) is 0.333. The van der Waals surface area contributed by atoms with Gasteiger partial charge in [-0.05, 0) is 31.4 Å². The number of carbonyl (C=O) groups is 1. The van der Waals surface area contributed by atoms with Crippen molar-refractivity contribution in [1.29, 1.82) is 0 Å². The van der Waals surface area contributed by atoms with Gasteiger partial charge >= 0.3 is 0 Å². The number of fused-ring (bicyclic) bond motifs is 1. The molecule has 0 spiro atoms. The van der Waals surface area contributed by atoms with E-state index in [2.05, 4.69) is 60.2 Å². The Kier molecular flexibility index (Phi) is 5.35. The molecule has 0 aliphatic carbocycles. The van der Waals surface area contributed by atoms with E-state index in [4.69, 9.17) is 4.84 Å². The number of nitrogens with zero attached hydrogens (tertiary/aromatic N) is 4. The topological polar surface area (TPSA) is 50.6 Å². The number of hydroxylamine groups is 2. The molecule has 1 aliphatic heterocycles. The molecule has 1 atom stereocenters. The lowest BCUT2D eigenvalue weighted by atomic mass is 9.87. The van der Waals surface area contributed by atoms with Crippen LogP contribution in [0, 0.1) is 0 Å². The first kappa shape index (κ1) is 20.2. The van der Waals surface area contributed by atoms with Crippen LogP contribution in [0.15, 0.2) is 66.9 Å². The van der Waals surface area contributed by atoms with E-state index in [1.165, 1.54) is 23.3 Å². The van der Waals surface area contributed by atoms with Gasteiger partial charge < -0.3 is 4.90 Å². The van der Waals surface area contributed by atoms with E-state index in [1.54, 1.807) is 13.2 Å². The lowest BCUT2D eigenvalue weighted by Gasteiger charge is -2.45. The molecule has 6 heteroatoms. The maximum atomic E-state index is 13.1. The Morgan fingerprint density at radius 2 is 1.77 bits per heavy atom. The number of benzene rings is 2. The average molecular weight is 405 g/mol. The van der Waals surface area contributed by atoms with Crippen molar-refractivity contribution in [2.75, 3.05) is 19.1 Å². The van der Waals surface area contributed by atoms with Crippen LogP contribution in [0.4, 0.5) is 5.82 Å². The van der Waals surface area contributed by atoms with Crippen molar-refractivity contribution in [2.24, 2.45) is 0 Å². The Bertz CT molecular complexity index is 1010. The Hall–Kier alpha value is -3.12. The highest BCUT2D eigenvalue weighted by Gasteiger charge is 2.41. The highest BCUT2D eigenvalue weighted by molar-refractivity contribution is 5.98. The Morgan fingerprint density at radius 1 is 1.13 bits per heavy atom. The summed E-state index contributed by atoms with van der Waals surface area (Å²) in [4.78, 5) is 20.6. The molecule has 0 N–H and O–H groups in total. The Balaban J connectivity index is 1.87. The van der Waals surface area contributed by atoms with Gasteiger partial charge in [0.2, 0.25) is 0 Å². The zero-order chi connectivity index (χ0) is 21.3. The largest absolute Gasteiger partial charge is 0.345 e. The molecule has 0 fully saturated rings. The van der Waals surface area contributed by atoms with E-state index in [0.29, 0.717) is 12.1 Å². The normalized spacial score (nSPS) is 17.5. The fourth-order valence-electron chi connectivity index (χ4n) is 4.22. The van der Waals surface area contributed by atoms with Gasteiger partial charge in [0.1, 0.15) is 11.4 Å². The van der Waals surface area contributed by atoms with Crippen LogP contribution in [-0.2, 0) is 16.9 Å². The summed E-state index contributed by atoms with van der Waals surface area (Å²) >= 11 is 0. The molecule has 1 unspecified atom stereocenters. The summed E-state index contributed by atoms with van der Waals surface area (Å²) < 4.78 is 1.99. The minimum absolute atomic E-state index is 0.116. The fourth-order valence-corrected chi connectivity index (χ4v) is 4.22. The van der Waals surface area contributed by atoms with E-state index in [1.807, 2.05) is 28.9 Å². The number of anilines is 1. The van der Waals surface area contributed by atoms with Crippen LogP contribution in [0.5, 0.6) is 0 Å². The zero-order valence-electron chi connectivity index (χ0n) is 17.9. The third-order valence-corrected chi connectivity index (χ3v) is 5.83. The summed E-state index contributed by atoms with van der Waals surface area (Å²) in [6.07, 6.45) is 2.55. The van der Waals surface area contributed by atoms with Crippen molar-refractivity contribution in [3.63, 3.8) is 0 Å². The molecule has 2 heterocycles. The van der Waals surface area contributed by atoms with Crippen LogP contribution in [-0.4, -0.2) is 34.9 Å². The van der Waals surface area contributed by atoms with Crippen molar-refractivity contribution >= 4 is 11.7 Å². The second-order valence-corrected chi connectivity index (χ2v) is 8.34. The molecule has 3 aromatic rings. The number of carbonyl (C=O) groups excluding carboxylic acids is 1. The predicted molar refractivity (Wildman–Crippen MR) is 117 cm³/mol. The van der Waals surface area contributed by atoms with E-state index in [9.17, 15) is 4.79 Å². The summed E-state index contributed by atoms with van der Waals surface area (Å²) in [5, 5.41) is 5.89. The molecule has 0 bridgehead atoms. The SMILES string of the molecule is CON(C)C(=O)c1cnn2c1N(Cc1ccccc1)C(c1ccccc1)CC2(C)C. The molecular weight excluding hydrogens is 376 g/mol. The first-order valence-corrected chi connectivity index (χ1v) is 10.2. The quantitative estimate of drug-likeness (QED) is 0.592. The van der Waals surface area contributed by atoms with Crippen LogP contribution in [0.25, 0.3) is 0 Å². The van der Waals surface area contributed by atoms with Crippen molar-refractivity contribution in [3.05, 3.63) is 83.6 Å². The van der Waals surface area contributed by atoms with Gasteiger partial charge in [-0.3, -0.25) is 9.63 Å².